The average Bonchev–Trinajstić information content (AvgIpc) is 2.97. The molecule has 114 valence electrons. The maximum absolute atomic E-state index is 11.9. The van der Waals surface area contributed by atoms with Crippen molar-refractivity contribution in [3.63, 3.8) is 0 Å². The van der Waals surface area contributed by atoms with Crippen molar-refractivity contribution >= 4 is 11.5 Å². The number of nitrogens with zero attached hydrogens (tertiary/aromatic N) is 3. The molecule has 1 unspecified atom stereocenters. The van der Waals surface area contributed by atoms with Gasteiger partial charge in [-0.25, -0.2) is 9.78 Å². The van der Waals surface area contributed by atoms with Crippen LogP contribution in [-0.4, -0.2) is 38.4 Å². The lowest BCUT2D eigenvalue weighted by Crippen LogP contribution is -2.35. The van der Waals surface area contributed by atoms with Gasteiger partial charge >= 0.3 is 5.69 Å². The van der Waals surface area contributed by atoms with Gasteiger partial charge in [0.15, 0.2) is 0 Å². The van der Waals surface area contributed by atoms with E-state index < -0.39 is 11.2 Å². The monoisotopic (exact) mass is 295 g/mol. The number of aromatic amines is 2. The number of rotatable bonds is 6. The molecule has 0 aliphatic rings. The number of hydrogen-bond acceptors (Lipinski definition) is 7. The standard InChI is InChI=1S/C11H17N7O3/c1-6(9-13-5-14-17-9)15-7-8(12)18(3-4-21-2)11(20)16-10(7)19/h5-6,15H,3-4,12H2,1-2H3,(H,13,14,17)(H,16,19,20). The second-order valence-corrected chi connectivity index (χ2v) is 4.40. The minimum atomic E-state index is -0.586. The Hall–Kier alpha value is -2.62. The SMILES string of the molecule is COCCn1c(N)c(NC(C)c2ncn[nH]2)c(=O)[nH]c1=O. The maximum atomic E-state index is 11.9. The molecule has 2 rings (SSSR count). The summed E-state index contributed by atoms with van der Waals surface area (Å²) in [5.41, 5.74) is 4.85. The van der Waals surface area contributed by atoms with Crippen LogP contribution in [0.1, 0.15) is 18.8 Å². The number of H-pyrrole nitrogens is 2. The largest absolute Gasteiger partial charge is 0.383 e. The lowest BCUT2D eigenvalue weighted by atomic mass is 10.3. The highest BCUT2D eigenvalue weighted by molar-refractivity contribution is 5.61. The van der Waals surface area contributed by atoms with Crippen LogP contribution in [0.4, 0.5) is 11.5 Å². The molecule has 2 aromatic rings. The Labute approximate surface area is 119 Å². The van der Waals surface area contributed by atoms with Crippen molar-refractivity contribution in [2.75, 3.05) is 24.8 Å². The summed E-state index contributed by atoms with van der Waals surface area (Å²) in [5.74, 6) is 0.593. The third kappa shape index (κ3) is 3.11. The van der Waals surface area contributed by atoms with Crippen molar-refractivity contribution in [3.05, 3.63) is 33.0 Å². The quantitative estimate of drug-likeness (QED) is 0.538. The first-order chi connectivity index (χ1) is 10.0. The highest BCUT2D eigenvalue weighted by atomic mass is 16.5. The predicted octanol–water partition coefficient (Wildman–Crippen LogP) is -0.944. The van der Waals surface area contributed by atoms with E-state index in [-0.39, 0.29) is 24.1 Å². The van der Waals surface area contributed by atoms with Crippen molar-refractivity contribution < 1.29 is 4.74 Å². The smallest absolute Gasteiger partial charge is 0.330 e. The number of ether oxygens (including phenoxy) is 1. The molecule has 0 saturated heterocycles. The summed E-state index contributed by atoms with van der Waals surface area (Å²) in [5, 5.41) is 9.35. The van der Waals surface area contributed by atoms with Gasteiger partial charge < -0.3 is 15.8 Å². The molecular formula is C11H17N7O3. The second-order valence-electron chi connectivity index (χ2n) is 4.40. The van der Waals surface area contributed by atoms with Crippen molar-refractivity contribution in [1.29, 1.82) is 0 Å². The highest BCUT2D eigenvalue weighted by Crippen LogP contribution is 2.17. The van der Waals surface area contributed by atoms with Crippen molar-refractivity contribution in [2.45, 2.75) is 19.5 Å². The Kier molecular flexibility index (Phi) is 4.38. The summed E-state index contributed by atoms with van der Waals surface area (Å²) in [7, 11) is 1.51. The fourth-order valence-corrected chi connectivity index (χ4v) is 1.84. The molecule has 0 radical (unpaired) electrons. The molecule has 0 aromatic carbocycles. The van der Waals surface area contributed by atoms with E-state index in [2.05, 4.69) is 25.5 Å². The number of nitrogen functional groups attached to an aromatic ring is 1. The van der Waals surface area contributed by atoms with E-state index in [0.29, 0.717) is 12.4 Å². The second kappa shape index (κ2) is 6.22. The van der Waals surface area contributed by atoms with Gasteiger partial charge in [0.1, 0.15) is 23.7 Å². The highest BCUT2D eigenvalue weighted by Gasteiger charge is 2.16. The third-order valence-electron chi connectivity index (χ3n) is 2.96. The van der Waals surface area contributed by atoms with E-state index in [9.17, 15) is 9.59 Å². The van der Waals surface area contributed by atoms with Gasteiger partial charge in [0.2, 0.25) is 0 Å². The van der Waals surface area contributed by atoms with Crippen LogP contribution in [0.2, 0.25) is 0 Å². The first-order valence-electron chi connectivity index (χ1n) is 6.28. The fourth-order valence-electron chi connectivity index (χ4n) is 1.84. The van der Waals surface area contributed by atoms with Crippen LogP contribution in [0.5, 0.6) is 0 Å². The maximum Gasteiger partial charge on any atom is 0.330 e. The van der Waals surface area contributed by atoms with Gasteiger partial charge in [-0.3, -0.25) is 19.4 Å². The van der Waals surface area contributed by atoms with Crippen molar-refractivity contribution in [1.82, 2.24) is 24.7 Å². The molecule has 0 amide bonds. The Morgan fingerprint density at radius 2 is 2.29 bits per heavy atom. The molecule has 0 aliphatic heterocycles. The summed E-state index contributed by atoms with van der Waals surface area (Å²) in [6.07, 6.45) is 1.36. The molecule has 0 saturated carbocycles. The lowest BCUT2D eigenvalue weighted by molar-refractivity contribution is 0.186. The molecule has 1 atom stereocenters. The Morgan fingerprint density at radius 1 is 1.52 bits per heavy atom. The topological polar surface area (TPSA) is 144 Å². The number of methoxy groups -OCH3 is 1. The van der Waals surface area contributed by atoms with E-state index in [1.54, 1.807) is 6.92 Å². The van der Waals surface area contributed by atoms with Crippen LogP contribution in [0.3, 0.4) is 0 Å². The summed E-state index contributed by atoms with van der Waals surface area (Å²) in [6, 6.07) is -0.329. The first kappa shape index (κ1) is 14.8. The van der Waals surface area contributed by atoms with Crippen LogP contribution >= 0.6 is 0 Å². The normalized spacial score (nSPS) is 12.3. The summed E-state index contributed by atoms with van der Waals surface area (Å²) >= 11 is 0. The van der Waals surface area contributed by atoms with Gasteiger partial charge in [-0.15, -0.1) is 0 Å². The molecule has 0 spiro atoms. The minimum Gasteiger partial charge on any atom is -0.383 e. The Bertz CT molecular complexity index is 704. The van der Waals surface area contributed by atoms with Gasteiger partial charge in [0.05, 0.1) is 19.2 Å². The number of nitrogens with one attached hydrogen (secondary N) is 3. The van der Waals surface area contributed by atoms with Gasteiger partial charge in [-0.1, -0.05) is 0 Å². The van der Waals surface area contributed by atoms with Gasteiger partial charge in [-0.2, -0.15) is 5.10 Å². The van der Waals surface area contributed by atoms with Gasteiger partial charge in [0.25, 0.3) is 5.56 Å². The molecule has 0 bridgehead atoms. The zero-order valence-corrected chi connectivity index (χ0v) is 11.7. The van der Waals surface area contributed by atoms with Crippen molar-refractivity contribution in [3.8, 4) is 0 Å². The lowest BCUT2D eigenvalue weighted by Gasteiger charge is -2.16. The zero-order chi connectivity index (χ0) is 15.4. The number of anilines is 2. The van der Waals surface area contributed by atoms with Crippen LogP contribution in [0, 0.1) is 0 Å². The molecule has 10 heteroatoms. The number of nitrogens with two attached hydrogens (primary N) is 1. The number of aromatic nitrogens is 5. The van der Waals surface area contributed by atoms with Gasteiger partial charge in [0, 0.05) is 7.11 Å². The summed E-state index contributed by atoms with van der Waals surface area (Å²) in [4.78, 5) is 29.9. The molecule has 5 N–H and O–H groups in total. The van der Waals surface area contributed by atoms with Crippen molar-refractivity contribution in [2.24, 2.45) is 0 Å². The Morgan fingerprint density at radius 3 is 2.90 bits per heavy atom. The summed E-state index contributed by atoms with van der Waals surface area (Å²) in [6.45, 7) is 2.32. The van der Waals surface area contributed by atoms with Crippen LogP contribution in [0.15, 0.2) is 15.9 Å². The molecule has 21 heavy (non-hydrogen) atoms. The average molecular weight is 295 g/mol. The predicted molar refractivity (Wildman–Crippen MR) is 76.0 cm³/mol. The molecule has 0 fully saturated rings. The minimum absolute atomic E-state index is 0.0483. The molecule has 10 nitrogen and oxygen atoms in total. The number of hydrogen-bond donors (Lipinski definition) is 4. The molecule has 2 heterocycles. The van der Waals surface area contributed by atoms with Crippen LogP contribution in [-0.2, 0) is 11.3 Å². The summed E-state index contributed by atoms with van der Waals surface area (Å²) < 4.78 is 6.15. The van der Waals surface area contributed by atoms with Gasteiger partial charge in [-0.05, 0) is 6.92 Å². The van der Waals surface area contributed by atoms with Crippen LogP contribution < -0.4 is 22.3 Å². The zero-order valence-electron chi connectivity index (χ0n) is 11.7. The third-order valence-corrected chi connectivity index (χ3v) is 2.96. The molecule has 0 aliphatic carbocycles. The molecule has 2 aromatic heterocycles. The van der Waals surface area contributed by atoms with Crippen LogP contribution in [0.25, 0.3) is 0 Å². The van der Waals surface area contributed by atoms with E-state index in [1.807, 2.05) is 0 Å². The molecular weight excluding hydrogens is 278 g/mol. The first-order valence-corrected chi connectivity index (χ1v) is 6.28. The van der Waals surface area contributed by atoms with E-state index >= 15 is 0 Å². The van der Waals surface area contributed by atoms with E-state index in [1.165, 1.54) is 18.0 Å². The van der Waals surface area contributed by atoms with E-state index in [0.717, 1.165) is 0 Å². The Balaban J connectivity index is 2.34. The van der Waals surface area contributed by atoms with E-state index in [4.69, 9.17) is 10.5 Å². The fraction of sp³-hybridized carbons (Fsp3) is 0.455.